The maximum Gasteiger partial charge on any atom is 0.306 e. The summed E-state index contributed by atoms with van der Waals surface area (Å²) in [5.41, 5.74) is 2.30. The molecule has 0 spiro atoms. The van der Waals surface area contributed by atoms with E-state index in [2.05, 4.69) is 71.7 Å². The zero-order chi connectivity index (χ0) is 22.3. The molecular formula is C27H30N2O3. The third-order valence-corrected chi connectivity index (χ3v) is 7.25. The number of carboxylic acids is 1. The highest BCUT2D eigenvalue weighted by Crippen LogP contribution is 2.46. The summed E-state index contributed by atoms with van der Waals surface area (Å²) in [6.45, 7) is 4.17. The Balaban J connectivity index is 1.22. The second-order valence-electron chi connectivity index (χ2n) is 9.41. The number of aliphatic carboxylic acids is 1. The second-order valence-corrected chi connectivity index (χ2v) is 9.41. The Morgan fingerprint density at radius 3 is 2.53 bits per heavy atom. The number of aliphatic hydroxyl groups is 1. The fourth-order valence-corrected chi connectivity index (χ4v) is 5.35. The second kappa shape index (κ2) is 8.23. The lowest BCUT2D eigenvalue weighted by Gasteiger charge is -2.42. The number of carbonyl (C=O) groups is 1. The zero-order valence-electron chi connectivity index (χ0n) is 18.4. The monoisotopic (exact) mass is 430 g/mol. The molecule has 0 bridgehead atoms. The maximum atomic E-state index is 11.1. The Morgan fingerprint density at radius 1 is 1.06 bits per heavy atom. The lowest BCUT2D eigenvalue weighted by atomic mass is 9.67. The van der Waals surface area contributed by atoms with Gasteiger partial charge in [0.15, 0.2) is 0 Å². The van der Waals surface area contributed by atoms with Crippen molar-refractivity contribution >= 4 is 22.4 Å². The SMILES string of the molecule is C[C@@H](NC1CCN(c2ccc(C3(O)CC(C(=O)O)C3)cc2)C1)c1cccc2ccccc12. The van der Waals surface area contributed by atoms with Gasteiger partial charge in [0.1, 0.15) is 0 Å². The molecule has 1 saturated heterocycles. The van der Waals surface area contributed by atoms with Crippen molar-refractivity contribution in [1.82, 2.24) is 5.32 Å². The predicted molar refractivity (Wildman–Crippen MR) is 127 cm³/mol. The molecular weight excluding hydrogens is 400 g/mol. The summed E-state index contributed by atoms with van der Waals surface area (Å²) in [5, 5.41) is 26.2. The fourth-order valence-electron chi connectivity index (χ4n) is 5.35. The first-order valence-corrected chi connectivity index (χ1v) is 11.5. The van der Waals surface area contributed by atoms with E-state index in [4.69, 9.17) is 5.11 Å². The van der Waals surface area contributed by atoms with Gasteiger partial charge in [-0.1, -0.05) is 54.6 Å². The van der Waals surface area contributed by atoms with Crippen LogP contribution in [0.2, 0.25) is 0 Å². The van der Waals surface area contributed by atoms with E-state index in [9.17, 15) is 9.90 Å². The van der Waals surface area contributed by atoms with Crippen LogP contribution in [-0.2, 0) is 10.4 Å². The summed E-state index contributed by atoms with van der Waals surface area (Å²) in [5.74, 6) is -1.26. The van der Waals surface area contributed by atoms with Crippen molar-refractivity contribution in [2.75, 3.05) is 18.0 Å². The molecule has 3 aromatic rings. The molecule has 2 aliphatic rings. The molecule has 1 unspecified atom stereocenters. The highest BCUT2D eigenvalue weighted by atomic mass is 16.4. The summed E-state index contributed by atoms with van der Waals surface area (Å²) in [6, 6.07) is 23.7. The van der Waals surface area contributed by atoms with Gasteiger partial charge in [-0.25, -0.2) is 0 Å². The maximum absolute atomic E-state index is 11.1. The van der Waals surface area contributed by atoms with Crippen molar-refractivity contribution in [3.05, 3.63) is 77.9 Å². The normalized spacial score (nSPS) is 26.1. The quantitative estimate of drug-likeness (QED) is 0.539. The number of carboxylic acid groups (broad SMARTS) is 1. The first-order chi connectivity index (χ1) is 15.4. The van der Waals surface area contributed by atoms with Crippen LogP contribution in [0.5, 0.6) is 0 Å². The van der Waals surface area contributed by atoms with Gasteiger partial charge in [-0.3, -0.25) is 4.79 Å². The topological polar surface area (TPSA) is 72.8 Å². The van der Waals surface area contributed by atoms with Gasteiger partial charge in [0.2, 0.25) is 0 Å². The van der Waals surface area contributed by atoms with E-state index in [-0.39, 0.29) is 6.04 Å². The molecule has 1 aliphatic heterocycles. The smallest absolute Gasteiger partial charge is 0.306 e. The zero-order valence-corrected chi connectivity index (χ0v) is 18.4. The van der Waals surface area contributed by atoms with E-state index in [1.165, 1.54) is 16.3 Å². The Morgan fingerprint density at radius 2 is 1.78 bits per heavy atom. The van der Waals surface area contributed by atoms with Crippen LogP contribution in [0.3, 0.4) is 0 Å². The number of fused-ring (bicyclic) bond motifs is 1. The van der Waals surface area contributed by atoms with Gasteiger partial charge in [0.25, 0.3) is 0 Å². The number of anilines is 1. The van der Waals surface area contributed by atoms with Crippen molar-refractivity contribution < 1.29 is 15.0 Å². The molecule has 5 rings (SSSR count). The Labute approximate surface area is 188 Å². The minimum atomic E-state index is -0.995. The van der Waals surface area contributed by atoms with Gasteiger partial charge < -0.3 is 20.4 Å². The molecule has 2 atom stereocenters. The summed E-state index contributed by atoms with van der Waals surface area (Å²) in [7, 11) is 0. The molecule has 32 heavy (non-hydrogen) atoms. The summed E-state index contributed by atoms with van der Waals surface area (Å²) in [6.07, 6.45) is 1.67. The molecule has 2 fully saturated rings. The van der Waals surface area contributed by atoms with Crippen molar-refractivity contribution in [1.29, 1.82) is 0 Å². The van der Waals surface area contributed by atoms with Crippen molar-refractivity contribution in [2.24, 2.45) is 5.92 Å². The molecule has 1 heterocycles. The molecule has 0 radical (unpaired) electrons. The molecule has 5 nitrogen and oxygen atoms in total. The van der Waals surface area contributed by atoms with Crippen LogP contribution in [0.4, 0.5) is 5.69 Å². The van der Waals surface area contributed by atoms with Crippen molar-refractivity contribution in [3.63, 3.8) is 0 Å². The minimum absolute atomic E-state index is 0.267. The van der Waals surface area contributed by atoms with Gasteiger partial charge in [-0.2, -0.15) is 0 Å². The van der Waals surface area contributed by atoms with E-state index in [0.29, 0.717) is 18.9 Å². The lowest BCUT2D eigenvalue weighted by Crippen LogP contribution is -2.44. The molecule has 5 heteroatoms. The van der Waals surface area contributed by atoms with E-state index < -0.39 is 17.5 Å². The number of benzene rings is 3. The molecule has 0 aromatic heterocycles. The van der Waals surface area contributed by atoms with E-state index in [1.54, 1.807) is 0 Å². The Hall–Kier alpha value is -2.89. The highest BCUT2D eigenvalue weighted by Gasteiger charge is 2.47. The van der Waals surface area contributed by atoms with Crippen LogP contribution in [0.1, 0.15) is 43.4 Å². The molecule has 0 amide bonds. The van der Waals surface area contributed by atoms with Gasteiger partial charge in [0, 0.05) is 30.9 Å². The standard InChI is InChI=1S/C27H30N2O3/c1-18(24-8-4-6-19-5-2-3-7-25(19)24)28-22-13-14-29(17-22)23-11-9-21(10-12-23)27(32)15-20(16-27)26(30)31/h2-12,18,20,22,28,32H,13-17H2,1H3,(H,30,31)/t18-,20?,22?,27?/m1/s1. The van der Waals surface area contributed by atoms with Crippen LogP contribution in [0, 0.1) is 5.92 Å². The average molecular weight is 431 g/mol. The van der Waals surface area contributed by atoms with E-state index >= 15 is 0 Å². The van der Waals surface area contributed by atoms with Crippen LogP contribution >= 0.6 is 0 Å². The lowest BCUT2D eigenvalue weighted by molar-refractivity contribution is -0.159. The minimum Gasteiger partial charge on any atom is -0.481 e. The van der Waals surface area contributed by atoms with E-state index in [1.807, 2.05) is 12.1 Å². The number of nitrogens with one attached hydrogen (secondary N) is 1. The molecule has 166 valence electrons. The number of rotatable bonds is 6. The van der Waals surface area contributed by atoms with Gasteiger partial charge in [-0.15, -0.1) is 0 Å². The molecule has 3 N–H and O–H groups in total. The Bertz CT molecular complexity index is 1120. The fraction of sp³-hybridized carbons (Fsp3) is 0.370. The molecule has 1 aliphatic carbocycles. The summed E-state index contributed by atoms with van der Waals surface area (Å²) >= 11 is 0. The third kappa shape index (κ3) is 3.87. The number of nitrogens with zero attached hydrogens (tertiary/aromatic N) is 1. The van der Waals surface area contributed by atoms with Crippen molar-refractivity contribution in [2.45, 2.75) is 43.9 Å². The van der Waals surface area contributed by atoms with E-state index in [0.717, 1.165) is 30.8 Å². The van der Waals surface area contributed by atoms with Crippen LogP contribution in [-0.4, -0.2) is 35.3 Å². The van der Waals surface area contributed by atoms with Crippen LogP contribution in [0.15, 0.2) is 66.7 Å². The highest BCUT2D eigenvalue weighted by molar-refractivity contribution is 5.86. The number of hydrogen-bond acceptors (Lipinski definition) is 4. The van der Waals surface area contributed by atoms with Gasteiger partial charge in [-0.05, 0) is 60.2 Å². The largest absolute Gasteiger partial charge is 0.481 e. The van der Waals surface area contributed by atoms with Gasteiger partial charge >= 0.3 is 5.97 Å². The van der Waals surface area contributed by atoms with Gasteiger partial charge in [0.05, 0.1) is 11.5 Å². The first kappa shape index (κ1) is 21.0. The molecule has 1 saturated carbocycles. The van der Waals surface area contributed by atoms with Crippen LogP contribution < -0.4 is 10.2 Å². The summed E-state index contributed by atoms with van der Waals surface area (Å²) in [4.78, 5) is 13.4. The first-order valence-electron chi connectivity index (χ1n) is 11.5. The average Bonchev–Trinajstić information content (AvgIpc) is 3.25. The molecule has 3 aromatic carbocycles. The van der Waals surface area contributed by atoms with Crippen molar-refractivity contribution in [3.8, 4) is 0 Å². The summed E-state index contributed by atoms with van der Waals surface area (Å²) < 4.78 is 0. The number of hydrogen-bond donors (Lipinski definition) is 3. The predicted octanol–water partition coefficient (Wildman–Crippen LogP) is 4.45. The van der Waals surface area contributed by atoms with Crippen LogP contribution in [0.25, 0.3) is 10.8 Å². The third-order valence-electron chi connectivity index (χ3n) is 7.25. The Kier molecular flexibility index (Phi) is 5.39.